The number of nitrogens with one attached hydrogen (secondary N) is 2. The van der Waals surface area contributed by atoms with E-state index in [4.69, 9.17) is 23.1 Å². The van der Waals surface area contributed by atoms with Crippen LogP contribution in [0.2, 0.25) is 5.02 Å². The quantitative estimate of drug-likeness (QED) is 0.596. The van der Waals surface area contributed by atoms with Crippen molar-refractivity contribution in [2.24, 2.45) is 16.5 Å². The summed E-state index contributed by atoms with van der Waals surface area (Å²) in [6.07, 6.45) is 2.32. The molecule has 1 aliphatic heterocycles. The molecule has 0 bridgehead atoms. The monoisotopic (exact) mass is 401 g/mol. The molecule has 6 N–H and O–H groups in total. The Bertz CT molecular complexity index is 973. The van der Waals surface area contributed by atoms with Gasteiger partial charge in [0.15, 0.2) is 5.96 Å². The Morgan fingerprint density at radius 3 is 2.86 bits per heavy atom. The summed E-state index contributed by atoms with van der Waals surface area (Å²) in [5.74, 6) is -0.146. The predicted molar refractivity (Wildman–Crippen MR) is 108 cm³/mol. The fraction of sp³-hybridized carbons (Fsp3) is 0.200. The number of amides is 1. The number of rotatable bonds is 6. The van der Waals surface area contributed by atoms with Crippen molar-refractivity contribution in [3.63, 3.8) is 0 Å². The van der Waals surface area contributed by atoms with Crippen molar-refractivity contribution in [1.29, 1.82) is 0 Å². The summed E-state index contributed by atoms with van der Waals surface area (Å²) in [5.41, 5.74) is 13.6. The van der Waals surface area contributed by atoms with Crippen molar-refractivity contribution in [1.82, 2.24) is 10.6 Å². The standard InChI is InChI=1S/C20H21ClFN5O/c1-11-14(3-2-4-15(11)21)17-10-18(27-20(24)26-17)25-8-7-12-5-6-13(19(23)28)9-16(12)22/h2-6,9-10,17,25H,7-8H2,1H3,(H2,23,28)(H3,24,26,27). The van der Waals surface area contributed by atoms with Gasteiger partial charge >= 0.3 is 0 Å². The largest absolute Gasteiger partial charge is 0.371 e. The summed E-state index contributed by atoms with van der Waals surface area (Å²) in [6.45, 7) is 2.39. The highest BCUT2D eigenvalue weighted by Crippen LogP contribution is 2.29. The SMILES string of the molecule is Cc1c(Cl)cccc1C1C=C(NCCc2ccc(C(N)=O)cc2F)NC(N)=N1. The third-order valence-corrected chi connectivity index (χ3v) is 4.95. The average molecular weight is 402 g/mol. The van der Waals surface area contributed by atoms with Crippen LogP contribution in [0.4, 0.5) is 4.39 Å². The maximum atomic E-state index is 14.1. The molecule has 0 radical (unpaired) electrons. The topological polar surface area (TPSA) is 106 Å². The number of hydrogen-bond acceptors (Lipinski definition) is 5. The van der Waals surface area contributed by atoms with Crippen molar-refractivity contribution < 1.29 is 9.18 Å². The van der Waals surface area contributed by atoms with Crippen molar-refractivity contribution in [3.8, 4) is 0 Å². The first-order valence-corrected chi connectivity index (χ1v) is 9.12. The van der Waals surface area contributed by atoms with E-state index < -0.39 is 11.7 Å². The van der Waals surface area contributed by atoms with Crippen molar-refractivity contribution >= 4 is 23.5 Å². The van der Waals surface area contributed by atoms with Crippen LogP contribution >= 0.6 is 11.6 Å². The van der Waals surface area contributed by atoms with E-state index in [-0.39, 0.29) is 17.6 Å². The molecule has 0 fully saturated rings. The van der Waals surface area contributed by atoms with Crippen molar-refractivity contribution in [3.05, 3.63) is 81.4 Å². The van der Waals surface area contributed by atoms with E-state index in [2.05, 4.69) is 15.6 Å². The third-order valence-electron chi connectivity index (χ3n) is 4.54. The third kappa shape index (κ3) is 4.43. The molecule has 0 spiro atoms. The molecule has 2 aromatic carbocycles. The summed E-state index contributed by atoms with van der Waals surface area (Å²) in [7, 11) is 0. The Morgan fingerprint density at radius 1 is 1.36 bits per heavy atom. The minimum absolute atomic E-state index is 0.148. The zero-order valence-corrected chi connectivity index (χ0v) is 16.1. The molecule has 0 aliphatic carbocycles. The van der Waals surface area contributed by atoms with Crippen LogP contribution in [0.15, 0.2) is 53.3 Å². The molecule has 8 heteroatoms. The number of nitrogens with zero attached hydrogens (tertiary/aromatic N) is 1. The number of aliphatic imine (C=N–C) groups is 1. The highest BCUT2D eigenvalue weighted by Gasteiger charge is 2.18. The number of hydrogen-bond donors (Lipinski definition) is 4. The number of primary amides is 1. The number of carbonyl (C=O) groups excluding carboxylic acids is 1. The molecule has 3 rings (SSSR count). The van der Waals surface area contributed by atoms with Gasteiger partial charge in [-0.15, -0.1) is 0 Å². The summed E-state index contributed by atoms with van der Waals surface area (Å²) in [4.78, 5) is 15.5. The molecule has 1 heterocycles. The Kier molecular flexibility index (Phi) is 5.84. The van der Waals surface area contributed by atoms with E-state index in [1.807, 2.05) is 31.2 Å². The Balaban J connectivity index is 1.68. The maximum Gasteiger partial charge on any atom is 0.248 e. The van der Waals surface area contributed by atoms with Gasteiger partial charge in [-0.2, -0.15) is 0 Å². The Hall–Kier alpha value is -3.06. The van der Waals surface area contributed by atoms with Crippen LogP contribution in [0.25, 0.3) is 0 Å². The Labute approximate surface area is 167 Å². The number of guanidine groups is 1. The number of benzene rings is 2. The zero-order chi connectivity index (χ0) is 20.3. The highest BCUT2D eigenvalue weighted by atomic mass is 35.5. The van der Waals surface area contributed by atoms with Crippen LogP contribution in [0.1, 0.15) is 33.1 Å². The summed E-state index contributed by atoms with van der Waals surface area (Å²) in [5, 5.41) is 6.83. The van der Waals surface area contributed by atoms with Gasteiger partial charge in [-0.1, -0.05) is 29.8 Å². The molecule has 0 aromatic heterocycles. The lowest BCUT2D eigenvalue weighted by molar-refractivity contribution is 0.1000. The number of halogens is 2. The van der Waals surface area contributed by atoms with E-state index in [0.717, 1.165) is 17.2 Å². The van der Waals surface area contributed by atoms with E-state index in [1.165, 1.54) is 6.07 Å². The second-order valence-electron chi connectivity index (χ2n) is 6.47. The smallest absolute Gasteiger partial charge is 0.248 e. The first-order chi connectivity index (χ1) is 13.3. The molecule has 2 aromatic rings. The molecule has 6 nitrogen and oxygen atoms in total. The summed E-state index contributed by atoms with van der Waals surface area (Å²) < 4.78 is 14.1. The molecule has 1 atom stereocenters. The molecule has 28 heavy (non-hydrogen) atoms. The predicted octanol–water partition coefficient (Wildman–Crippen LogP) is 2.52. The van der Waals surface area contributed by atoms with Gasteiger partial charge in [0, 0.05) is 17.1 Å². The van der Waals surface area contributed by atoms with Crippen molar-refractivity contribution in [2.75, 3.05) is 6.54 Å². The van der Waals surface area contributed by atoms with Crippen molar-refractivity contribution in [2.45, 2.75) is 19.4 Å². The molecule has 0 saturated heterocycles. The van der Waals surface area contributed by atoms with Gasteiger partial charge in [-0.25, -0.2) is 9.38 Å². The second-order valence-corrected chi connectivity index (χ2v) is 6.87. The van der Waals surface area contributed by atoms with E-state index in [1.54, 1.807) is 6.07 Å². The van der Waals surface area contributed by atoms with Crippen LogP contribution in [0, 0.1) is 12.7 Å². The van der Waals surface area contributed by atoms with Crippen LogP contribution in [-0.4, -0.2) is 18.4 Å². The minimum Gasteiger partial charge on any atom is -0.371 e. The first-order valence-electron chi connectivity index (χ1n) is 8.74. The van der Waals surface area contributed by atoms with Gasteiger partial charge in [0.2, 0.25) is 5.91 Å². The summed E-state index contributed by atoms with van der Waals surface area (Å²) in [6, 6.07) is 9.62. The van der Waals surface area contributed by atoms with Gasteiger partial charge < -0.3 is 22.1 Å². The fourth-order valence-electron chi connectivity index (χ4n) is 3.00. The lowest BCUT2D eigenvalue weighted by Crippen LogP contribution is -2.40. The van der Waals surface area contributed by atoms with E-state index in [9.17, 15) is 9.18 Å². The van der Waals surface area contributed by atoms with Gasteiger partial charge in [0.25, 0.3) is 0 Å². The maximum absolute atomic E-state index is 14.1. The molecule has 0 saturated carbocycles. The molecular formula is C20H21ClFN5O. The van der Waals surface area contributed by atoms with Crippen LogP contribution in [0.5, 0.6) is 0 Å². The normalized spacial score (nSPS) is 16.0. The first kappa shape index (κ1) is 19.7. The van der Waals surface area contributed by atoms with Gasteiger partial charge in [0.1, 0.15) is 17.7 Å². The van der Waals surface area contributed by atoms with E-state index in [0.29, 0.717) is 29.4 Å². The molecule has 1 amide bonds. The minimum atomic E-state index is -0.655. The van der Waals surface area contributed by atoms with Crippen LogP contribution in [0.3, 0.4) is 0 Å². The van der Waals surface area contributed by atoms with Gasteiger partial charge in [-0.3, -0.25) is 4.79 Å². The molecule has 1 aliphatic rings. The highest BCUT2D eigenvalue weighted by molar-refractivity contribution is 6.31. The number of nitrogens with two attached hydrogens (primary N) is 2. The van der Waals surface area contributed by atoms with Crippen LogP contribution < -0.4 is 22.1 Å². The van der Waals surface area contributed by atoms with Gasteiger partial charge in [0.05, 0.1) is 0 Å². The fourth-order valence-corrected chi connectivity index (χ4v) is 3.18. The van der Waals surface area contributed by atoms with E-state index >= 15 is 0 Å². The van der Waals surface area contributed by atoms with Gasteiger partial charge in [-0.05, 0) is 54.3 Å². The molecule has 146 valence electrons. The molecular weight excluding hydrogens is 381 g/mol. The van der Waals surface area contributed by atoms with Crippen LogP contribution in [-0.2, 0) is 6.42 Å². The second kappa shape index (κ2) is 8.31. The lowest BCUT2D eigenvalue weighted by atomic mass is 10.0. The lowest BCUT2D eigenvalue weighted by Gasteiger charge is -2.22. The molecule has 1 unspecified atom stereocenters. The summed E-state index contributed by atoms with van der Waals surface area (Å²) >= 11 is 6.21. The number of carbonyl (C=O) groups is 1. The zero-order valence-electron chi connectivity index (χ0n) is 15.3. The Morgan fingerprint density at radius 2 is 2.14 bits per heavy atom. The average Bonchev–Trinajstić information content (AvgIpc) is 2.64.